The molecule has 0 spiro atoms. The highest BCUT2D eigenvalue weighted by atomic mass is 16.7. The Morgan fingerprint density at radius 2 is 2.08 bits per heavy atom. The van der Waals surface area contributed by atoms with E-state index in [-0.39, 0.29) is 11.7 Å². The van der Waals surface area contributed by atoms with Crippen LogP contribution < -0.4 is 0 Å². The zero-order chi connectivity index (χ0) is 9.64. The second-order valence-electron chi connectivity index (χ2n) is 3.77. The van der Waals surface area contributed by atoms with Gasteiger partial charge in [0.25, 0.3) is 0 Å². The van der Waals surface area contributed by atoms with Crippen LogP contribution in [0.25, 0.3) is 0 Å². The van der Waals surface area contributed by atoms with E-state index in [0.717, 1.165) is 12.8 Å². The van der Waals surface area contributed by atoms with Crippen LogP contribution in [-0.4, -0.2) is 30.6 Å². The number of ketones is 1. The zero-order valence-electron chi connectivity index (χ0n) is 7.70. The highest BCUT2D eigenvalue weighted by molar-refractivity contribution is 5.99. The molecule has 2 atom stereocenters. The molecule has 1 aliphatic carbocycles. The Bertz CT molecular complexity index is 269. The third kappa shape index (κ3) is 1.25. The highest BCUT2D eigenvalue weighted by Gasteiger charge is 2.65. The van der Waals surface area contributed by atoms with E-state index >= 15 is 0 Å². The molecular weight excluding hydrogens is 172 g/mol. The van der Waals surface area contributed by atoms with Crippen LogP contribution in [-0.2, 0) is 19.1 Å². The number of methoxy groups -OCH3 is 1. The highest BCUT2D eigenvalue weighted by Crippen LogP contribution is 2.44. The van der Waals surface area contributed by atoms with Crippen LogP contribution in [0.2, 0.25) is 0 Å². The third-order valence-electron chi connectivity index (χ3n) is 2.63. The Hall–Kier alpha value is -0.900. The second kappa shape index (κ2) is 2.54. The van der Waals surface area contributed by atoms with Crippen LogP contribution in [0.3, 0.4) is 0 Å². The quantitative estimate of drug-likeness (QED) is 0.467. The van der Waals surface area contributed by atoms with Gasteiger partial charge in [-0.2, -0.15) is 0 Å². The molecule has 72 valence electrons. The predicted octanol–water partition coefficient (Wildman–Crippen LogP) is 0.296. The minimum Gasteiger partial charge on any atom is -0.467 e. The molecule has 2 aliphatic rings. The zero-order valence-corrected chi connectivity index (χ0v) is 7.70. The number of hydrogen-bond acceptors (Lipinski definition) is 4. The number of ether oxygens (including phenoxy) is 2. The first-order valence-corrected chi connectivity index (χ1v) is 4.39. The first-order valence-electron chi connectivity index (χ1n) is 4.39. The standard InChI is InChI=1S/C9H12O4/c1-9(8(11)12-2)7(13-9)6(10)5-3-4-5/h5,7H,3-4H2,1-2H3/t7-,9-/m0/s1. The fourth-order valence-corrected chi connectivity index (χ4v) is 1.48. The van der Waals surface area contributed by atoms with E-state index in [0.29, 0.717) is 0 Å². The lowest BCUT2D eigenvalue weighted by Gasteiger charge is -2.01. The lowest BCUT2D eigenvalue weighted by atomic mass is 10.0. The van der Waals surface area contributed by atoms with Crippen molar-refractivity contribution in [3.05, 3.63) is 0 Å². The topological polar surface area (TPSA) is 55.9 Å². The Balaban J connectivity index is 1.99. The van der Waals surface area contributed by atoms with Gasteiger partial charge in [0.1, 0.15) is 0 Å². The van der Waals surface area contributed by atoms with Gasteiger partial charge >= 0.3 is 5.97 Å². The van der Waals surface area contributed by atoms with Crippen LogP contribution in [0.15, 0.2) is 0 Å². The molecule has 0 bridgehead atoms. The van der Waals surface area contributed by atoms with Gasteiger partial charge in [0, 0.05) is 5.92 Å². The summed E-state index contributed by atoms with van der Waals surface area (Å²) in [5.41, 5.74) is -0.992. The first-order chi connectivity index (χ1) is 6.09. The van der Waals surface area contributed by atoms with Gasteiger partial charge in [-0.25, -0.2) is 4.79 Å². The summed E-state index contributed by atoms with van der Waals surface area (Å²) >= 11 is 0. The molecule has 1 saturated heterocycles. The van der Waals surface area contributed by atoms with E-state index in [1.165, 1.54) is 7.11 Å². The number of Topliss-reactive ketones (excluding diaryl/α,β-unsaturated/α-hetero) is 1. The molecule has 0 amide bonds. The lowest BCUT2D eigenvalue weighted by molar-refractivity contribution is -0.146. The van der Waals surface area contributed by atoms with Crippen LogP contribution in [0, 0.1) is 5.92 Å². The molecule has 1 heterocycles. The minimum atomic E-state index is -0.992. The fourth-order valence-electron chi connectivity index (χ4n) is 1.48. The van der Waals surface area contributed by atoms with Crippen molar-refractivity contribution in [3.8, 4) is 0 Å². The number of hydrogen-bond donors (Lipinski definition) is 0. The molecular formula is C9H12O4. The summed E-state index contributed by atoms with van der Waals surface area (Å²) in [7, 11) is 1.30. The van der Waals surface area contributed by atoms with Crippen LogP contribution in [0.5, 0.6) is 0 Å². The molecule has 0 N–H and O–H groups in total. The van der Waals surface area contributed by atoms with Gasteiger partial charge in [0.15, 0.2) is 17.5 Å². The van der Waals surface area contributed by atoms with E-state index in [2.05, 4.69) is 4.74 Å². The van der Waals surface area contributed by atoms with Crippen molar-refractivity contribution in [2.24, 2.45) is 5.92 Å². The first kappa shape index (κ1) is 8.69. The Morgan fingerprint density at radius 3 is 2.54 bits per heavy atom. The maximum atomic E-state index is 11.5. The van der Waals surface area contributed by atoms with E-state index in [9.17, 15) is 9.59 Å². The van der Waals surface area contributed by atoms with E-state index in [1.807, 2.05) is 0 Å². The van der Waals surface area contributed by atoms with Crippen molar-refractivity contribution in [1.29, 1.82) is 0 Å². The molecule has 0 aromatic heterocycles. The van der Waals surface area contributed by atoms with E-state index in [4.69, 9.17) is 4.74 Å². The number of rotatable bonds is 3. The van der Waals surface area contributed by atoms with Crippen LogP contribution in [0.4, 0.5) is 0 Å². The Morgan fingerprint density at radius 1 is 1.46 bits per heavy atom. The molecule has 13 heavy (non-hydrogen) atoms. The summed E-state index contributed by atoms with van der Waals surface area (Å²) in [5, 5.41) is 0. The fraction of sp³-hybridized carbons (Fsp3) is 0.778. The summed E-state index contributed by atoms with van der Waals surface area (Å²) in [6.45, 7) is 1.60. The van der Waals surface area contributed by atoms with Crippen molar-refractivity contribution in [1.82, 2.24) is 0 Å². The smallest absolute Gasteiger partial charge is 0.341 e. The number of epoxide rings is 1. The molecule has 4 nitrogen and oxygen atoms in total. The van der Waals surface area contributed by atoms with Gasteiger partial charge in [-0.15, -0.1) is 0 Å². The van der Waals surface area contributed by atoms with E-state index < -0.39 is 17.7 Å². The van der Waals surface area contributed by atoms with Crippen LogP contribution in [0.1, 0.15) is 19.8 Å². The number of carbonyl (C=O) groups is 2. The Kier molecular flexibility index (Phi) is 1.70. The molecule has 0 aromatic rings. The molecule has 0 radical (unpaired) electrons. The molecule has 1 saturated carbocycles. The van der Waals surface area contributed by atoms with Crippen molar-refractivity contribution >= 4 is 11.8 Å². The van der Waals surface area contributed by atoms with Crippen molar-refractivity contribution in [3.63, 3.8) is 0 Å². The molecule has 1 aliphatic heterocycles. The number of carbonyl (C=O) groups excluding carboxylic acids is 2. The predicted molar refractivity (Wildman–Crippen MR) is 43.0 cm³/mol. The summed E-state index contributed by atoms with van der Waals surface area (Å²) in [5.74, 6) is -0.254. The van der Waals surface area contributed by atoms with Gasteiger partial charge in [0.05, 0.1) is 7.11 Å². The normalized spacial score (nSPS) is 36.9. The second-order valence-corrected chi connectivity index (χ2v) is 3.77. The summed E-state index contributed by atoms with van der Waals surface area (Å²) < 4.78 is 9.64. The largest absolute Gasteiger partial charge is 0.467 e. The van der Waals surface area contributed by atoms with Gasteiger partial charge < -0.3 is 9.47 Å². The molecule has 4 heteroatoms. The summed E-state index contributed by atoms with van der Waals surface area (Å²) in [6, 6.07) is 0. The molecule has 0 aromatic carbocycles. The monoisotopic (exact) mass is 184 g/mol. The molecule has 2 rings (SSSR count). The van der Waals surface area contributed by atoms with Gasteiger partial charge in [-0.1, -0.05) is 0 Å². The maximum Gasteiger partial charge on any atom is 0.341 e. The minimum absolute atomic E-state index is 0.0629. The maximum absolute atomic E-state index is 11.5. The SMILES string of the molecule is COC(=O)[C@@]1(C)O[C@H]1C(=O)C1CC1. The van der Waals surface area contributed by atoms with Gasteiger partial charge in [-0.05, 0) is 19.8 Å². The molecule has 2 fully saturated rings. The number of esters is 1. The third-order valence-corrected chi connectivity index (χ3v) is 2.63. The average Bonchev–Trinajstić information content (AvgIpc) is 2.95. The van der Waals surface area contributed by atoms with Crippen molar-refractivity contribution in [2.75, 3.05) is 7.11 Å². The van der Waals surface area contributed by atoms with E-state index in [1.54, 1.807) is 6.92 Å². The Labute approximate surface area is 76.2 Å². The van der Waals surface area contributed by atoms with Gasteiger partial charge in [0.2, 0.25) is 0 Å². The van der Waals surface area contributed by atoms with Crippen LogP contribution >= 0.6 is 0 Å². The summed E-state index contributed by atoms with van der Waals surface area (Å²) in [6.07, 6.45) is 1.33. The summed E-state index contributed by atoms with van der Waals surface area (Å²) in [4.78, 5) is 22.6. The van der Waals surface area contributed by atoms with Crippen molar-refractivity contribution in [2.45, 2.75) is 31.5 Å². The lowest BCUT2D eigenvalue weighted by Crippen LogP contribution is -2.28. The van der Waals surface area contributed by atoms with Gasteiger partial charge in [-0.3, -0.25) is 4.79 Å². The average molecular weight is 184 g/mol. The van der Waals surface area contributed by atoms with Crippen molar-refractivity contribution < 1.29 is 19.1 Å². The molecule has 0 unspecified atom stereocenters.